The Balaban J connectivity index is 2.64. The summed E-state index contributed by atoms with van der Waals surface area (Å²) in [6, 6.07) is 4.63. The van der Waals surface area contributed by atoms with Crippen LogP contribution < -0.4 is 5.32 Å². The standard InChI is InChI=1S/C22H27FN2O5S2/c1-5-30-22(28)20-17(11-32-9-8-24-12-26)25-13(2)18(21(27)29-3)19(20)15-10-14(31-4)6-7-16(15)23/h6-7,10,12,18-19H,5,8-9,11H2,1-4H3,(H,24,26). The monoisotopic (exact) mass is 482 g/mol. The van der Waals surface area contributed by atoms with Gasteiger partial charge in [0, 0.05) is 34.6 Å². The van der Waals surface area contributed by atoms with Gasteiger partial charge in [0.2, 0.25) is 6.41 Å². The molecule has 0 radical (unpaired) electrons. The molecule has 7 nitrogen and oxygen atoms in total. The highest BCUT2D eigenvalue weighted by Crippen LogP contribution is 2.42. The van der Waals surface area contributed by atoms with Gasteiger partial charge in [-0.15, -0.1) is 11.8 Å². The van der Waals surface area contributed by atoms with Gasteiger partial charge in [-0.2, -0.15) is 11.8 Å². The lowest BCUT2D eigenvalue weighted by atomic mass is 9.75. The van der Waals surface area contributed by atoms with Crippen LogP contribution in [0.4, 0.5) is 4.39 Å². The van der Waals surface area contributed by atoms with Crippen molar-refractivity contribution < 1.29 is 28.2 Å². The zero-order valence-electron chi connectivity index (χ0n) is 18.5. The molecular weight excluding hydrogens is 455 g/mol. The van der Waals surface area contributed by atoms with Crippen molar-refractivity contribution >= 4 is 47.6 Å². The second-order valence-corrected chi connectivity index (χ2v) is 8.81. The number of benzene rings is 1. The van der Waals surface area contributed by atoms with Crippen molar-refractivity contribution in [1.82, 2.24) is 5.32 Å². The Morgan fingerprint density at radius 3 is 2.72 bits per heavy atom. The summed E-state index contributed by atoms with van der Waals surface area (Å²) in [5, 5.41) is 2.58. The molecule has 0 aliphatic carbocycles. The normalized spacial score (nSPS) is 18.1. The molecule has 1 aliphatic rings. The van der Waals surface area contributed by atoms with Gasteiger partial charge >= 0.3 is 11.9 Å². The van der Waals surface area contributed by atoms with Crippen molar-refractivity contribution in [2.45, 2.75) is 24.7 Å². The summed E-state index contributed by atoms with van der Waals surface area (Å²) in [4.78, 5) is 41.6. The number of amides is 1. The Bertz CT molecular complexity index is 920. The molecule has 1 heterocycles. The summed E-state index contributed by atoms with van der Waals surface area (Å²) in [5.41, 5.74) is 1.23. The maximum atomic E-state index is 15.1. The number of hydrogen-bond donors (Lipinski definition) is 1. The van der Waals surface area contributed by atoms with Crippen molar-refractivity contribution in [2.24, 2.45) is 10.9 Å². The van der Waals surface area contributed by atoms with E-state index in [0.29, 0.717) is 35.9 Å². The minimum absolute atomic E-state index is 0.123. The Hall–Kier alpha value is -2.33. The van der Waals surface area contributed by atoms with Crippen LogP contribution >= 0.6 is 23.5 Å². The third-order valence-electron chi connectivity index (χ3n) is 4.92. The summed E-state index contributed by atoms with van der Waals surface area (Å²) in [7, 11) is 1.25. The van der Waals surface area contributed by atoms with Gasteiger partial charge in [0.25, 0.3) is 0 Å². The lowest BCUT2D eigenvalue weighted by molar-refractivity contribution is -0.144. The number of esters is 2. The van der Waals surface area contributed by atoms with Gasteiger partial charge < -0.3 is 14.8 Å². The first-order chi connectivity index (χ1) is 15.4. The number of aliphatic imine (C=N–C) groups is 1. The molecule has 0 fully saturated rings. The zero-order chi connectivity index (χ0) is 23.7. The van der Waals surface area contributed by atoms with Gasteiger partial charge in [-0.1, -0.05) is 0 Å². The van der Waals surface area contributed by atoms with Crippen LogP contribution in [0.25, 0.3) is 0 Å². The van der Waals surface area contributed by atoms with Gasteiger partial charge in [-0.3, -0.25) is 14.6 Å². The van der Waals surface area contributed by atoms with E-state index in [2.05, 4.69) is 10.3 Å². The molecule has 0 spiro atoms. The topological polar surface area (TPSA) is 94.1 Å². The van der Waals surface area contributed by atoms with Crippen molar-refractivity contribution in [1.29, 1.82) is 0 Å². The molecule has 0 aromatic heterocycles. The predicted octanol–water partition coefficient (Wildman–Crippen LogP) is 3.19. The Morgan fingerprint density at radius 2 is 2.09 bits per heavy atom. The van der Waals surface area contributed by atoms with Crippen molar-refractivity contribution in [3.8, 4) is 0 Å². The number of hydrogen-bond acceptors (Lipinski definition) is 8. The fourth-order valence-electron chi connectivity index (χ4n) is 3.51. The second kappa shape index (κ2) is 12.6. The van der Waals surface area contributed by atoms with E-state index in [1.165, 1.54) is 36.7 Å². The molecule has 1 N–H and O–H groups in total. The molecule has 2 unspecified atom stereocenters. The van der Waals surface area contributed by atoms with Gasteiger partial charge in [-0.05, 0) is 43.9 Å². The van der Waals surface area contributed by atoms with Crippen LogP contribution in [0.15, 0.2) is 39.4 Å². The first kappa shape index (κ1) is 25.9. The number of ether oxygens (including phenoxy) is 2. The number of nitrogens with one attached hydrogen (secondary N) is 1. The number of carbonyl (C=O) groups excluding carboxylic acids is 3. The summed E-state index contributed by atoms with van der Waals surface area (Å²) < 4.78 is 25.4. The highest BCUT2D eigenvalue weighted by molar-refractivity contribution is 7.99. The first-order valence-electron chi connectivity index (χ1n) is 10.0. The van der Waals surface area contributed by atoms with Crippen LogP contribution in [0.1, 0.15) is 25.3 Å². The van der Waals surface area contributed by atoms with E-state index < -0.39 is 29.6 Å². The number of methoxy groups -OCH3 is 1. The Morgan fingerprint density at radius 1 is 1.34 bits per heavy atom. The predicted molar refractivity (Wildman–Crippen MR) is 125 cm³/mol. The summed E-state index contributed by atoms with van der Waals surface area (Å²) in [6.45, 7) is 3.93. The third kappa shape index (κ3) is 6.13. The average molecular weight is 483 g/mol. The first-order valence-corrected chi connectivity index (χ1v) is 12.4. The highest BCUT2D eigenvalue weighted by Gasteiger charge is 2.44. The van der Waals surface area contributed by atoms with Crippen LogP contribution in [0.3, 0.4) is 0 Å². The fraction of sp³-hybridized carbons (Fsp3) is 0.455. The third-order valence-corrected chi connectivity index (χ3v) is 6.61. The van der Waals surface area contributed by atoms with E-state index in [1.54, 1.807) is 26.0 Å². The maximum Gasteiger partial charge on any atom is 0.336 e. The average Bonchev–Trinajstić information content (AvgIpc) is 2.78. The van der Waals surface area contributed by atoms with Crippen molar-refractivity contribution in [3.63, 3.8) is 0 Å². The molecule has 2 atom stereocenters. The van der Waals surface area contributed by atoms with Gasteiger partial charge in [-0.25, -0.2) is 9.18 Å². The lowest BCUT2D eigenvalue weighted by Crippen LogP contribution is -2.37. The zero-order valence-corrected chi connectivity index (χ0v) is 20.1. The molecule has 1 aliphatic heterocycles. The molecule has 1 aromatic carbocycles. The summed E-state index contributed by atoms with van der Waals surface area (Å²) >= 11 is 2.89. The van der Waals surface area contributed by atoms with Crippen LogP contribution in [-0.4, -0.2) is 62.1 Å². The Kier molecular flexibility index (Phi) is 10.2. The van der Waals surface area contributed by atoms with Gasteiger partial charge in [0.1, 0.15) is 11.7 Å². The quantitative estimate of drug-likeness (QED) is 0.224. The minimum Gasteiger partial charge on any atom is -0.468 e. The molecule has 174 valence electrons. The molecule has 1 amide bonds. The van der Waals surface area contributed by atoms with Gasteiger partial charge in [0.15, 0.2) is 0 Å². The van der Waals surface area contributed by atoms with Gasteiger partial charge in [0.05, 0.1) is 25.0 Å². The molecule has 10 heteroatoms. The van der Waals surface area contributed by atoms with E-state index in [4.69, 9.17) is 9.47 Å². The maximum absolute atomic E-state index is 15.1. The fourth-order valence-corrected chi connectivity index (χ4v) is 4.78. The Labute approximate surface area is 195 Å². The van der Waals surface area contributed by atoms with E-state index in [0.717, 1.165) is 4.90 Å². The number of rotatable bonds is 11. The second-order valence-electron chi connectivity index (χ2n) is 6.82. The minimum atomic E-state index is -0.962. The molecule has 32 heavy (non-hydrogen) atoms. The van der Waals surface area contributed by atoms with Crippen molar-refractivity contribution in [3.05, 3.63) is 40.8 Å². The molecule has 0 saturated carbocycles. The van der Waals surface area contributed by atoms with Crippen molar-refractivity contribution in [2.75, 3.05) is 38.0 Å². The molecule has 0 saturated heterocycles. The van der Waals surface area contributed by atoms with E-state index >= 15 is 4.39 Å². The SMILES string of the molecule is CCOC(=O)C1=C(CSCCNC=O)N=C(C)C(C(=O)OC)C1c1cc(SC)ccc1F. The largest absolute Gasteiger partial charge is 0.468 e. The molecule has 1 aromatic rings. The van der Waals surface area contributed by atoms with Crippen LogP contribution in [0, 0.1) is 11.7 Å². The van der Waals surface area contributed by atoms with E-state index in [1.807, 2.05) is 6.26 Å². The smallest absolute Gasteiger partial charge is 0.336 e. The number of carbonyl (C=O) groups is 3. The summed E-state index contributed by atoms with van der Waals surface area (Å²) in [5.74, 6) is -2.74. The number of nitrogens with zero attached hydrogens (tertiary/aromatic N) is 1. The lowest BCUT2D eigenvalue weighted by Gasteiger charge is -2.32. The number of halogens is 1. The number of thioether (sulfide) groups is 2. The molecule has 2 rings (SSSR count). The van der Waals surface area contributed by atoms with E-state index in [9.17, 15) is 14.4 Å². The summed E-state index contributed by atoms with van der Waals surface area (Å²) in [6.07, 6.45) is 2.48. The van der Waals surface area contributed by atoms with Crippen LogP contribution in [0.5, 0.6) is 0 Å². The van der Waals surface area contributed by atoms with E-state index in [-0.39, 0.29) is 17.7 Å². The highest BCUT2D eigenvalue weighted by atomic mass is 32.2. The van der Waals surface area contributed by atoms with Crippen LogP contribution in [-0.2, 0) is 23.9 Å². The van der Waals surface area contributed by atoms with Crippen LogP contribution in [0.2, 0.25) is 0 Å². The molecular formula is C22H27FN2O5S2. The molecule has 0 bridgehead atoms.